The van der Waals surface area contributed by atoms with Gasteiger partial charge in [0.05, 0.1) is 0 Å². The molecular formula is C12H10N4. The van der Waals surface area contributed by atoms with Gasteiger partial charge < -0.3 is 4.57 Å². The first kappa shape index (κ1) is 8.91. The summed E-state index contributed by atoms with van der Waals surface area (Å²) in [5.41, 5.74) is 1.11. The molecule has 0 amide bonds. The Kier molecular flexibility index (Phi) is 2.04. The van der Waals surface area contributed by atoms with Crippen LogP contribution in [-0.2, 0) is 0 Å². The van der Waals surface area contributed by atoms with Crippen molar-refractivity contribution in [2.24, 2.45) is 0 Å². The zero-order chi connectivity index (χ0) is 10.8. The molecule has 0 saturated heterocycles. The van der Waals surface area contributed by atoms with Gasteiger partial charge in [0.1, 0.15) is 18.5 Å². The molecule has 0 unspecified atom stereocenters. The molecule has 78 valence electrons. The molecule has 0 atom stereocenters. The van der Waals surface area contributed by atoms with Crippen molar-refractivity contribution in [1.29, 1.82) is 0 Å². The van der Waals surface area contributed by atoms with Gasteiger partial charge in [-0.1, -0.05) is 18.2 Å². The Morgan fingerprint density at radius 3 is 2.56 bits per heavy atom. The molecule has 0 aliphatic carbocycles. The fourth-order valence-corrected chi connectivity index (χ4v) is 1.69. The summed E-state index contributed by atoms with van der Waals surface area (Å²) in [6.07, 6.45) is 5.23. The molecule has 0 saturated carbocycles. The highest BCUT2D eigenvalue weighted by Crippen LogP contribution is 2.14. The Morgan fingerprint density at radius 2 is 1.81 bits per heavy atom. The molecule has 2 aromatic heterocycles. The van der Waals surface area contributed by atoms with Crippen molar-refractivity contribution in [3.63, 3.8) is 0 Å². The highest BCUT2D eigenvalue weighted by Gasteiger charge is 2.04. The first-order chi connectivity index (χ1) is 7.95. The summed E-state index contributed by atoms with van der Waals surface area (Å²) in [5.74, 6) is 0.976. The quantitative estimate of drug-likeness (QED) is 0.649. The maximum Gasteiger partial charge on any atom is 0.140 e. The van der Waals surface area contributed by atoms with Gasteiger partial charge >= 0.3 is 0 Å². The Labute approximate surface area is 92.8 Å². The van der Waals surface area contributed by atoms with Crippen LogP contribution in [0.15, 0.2) is 61.3 Å². The van der Waals surface area contributed by atoms with E-state index in [9.17, 15) is 0 Å². The summed E-state index contributed by atoms with van der Waals surface area (Å²) in [6.45, 7) is 0. The third-order valence-electron chi connectivity index (χ3n) is 2.42. The summed E-state index contributed by atoms with van der Waals surface area (Å²) in [4.78, 5) is 3.95. The lowest BCUT2D eigenvalue weighted by atomic mass is 10.3. The number of hydrogen-bond acceptors (Lipinski definition) is 2. The Bertz CT molecular complexity index is 566. The van der Waals surface area contributed by atoms with E-state index in [-0.39, 0.29) is 0 Å². The number of benzene rings is 1. The summed E-state index contributed by atoms with van der Waals surface area (Å²) in [5, 5.41) is 4.13. The van der Waals surface area contributed by atoms with E-state index in [0.717, 1.165) is 11.5 Å². The van der Waals surface area contributed by atoms with Crippen molar-refractivity contribution in [3.05, 3.63) is 61.3 Å². The minimum Gasteiger partial charge on any atom is -0.302 e. The fraction of sp³-hybridized carbons (Fsp3) is 0. The summed E-state index contributed by atoms with van der Waals surface area (Å²) in [7, 11) is 0. The van der Waals surface area contributed by atoms with Crippen LogP contribution in [0.1, 0.15) is 0 Å². The van der Waals surface area contributed by atoms with Crippen molar-refractivity contribution >= 4 is 0 Å². The van der Waals surface area contributed by atoms with Gasteiger partial charge in [0.25, 0.3) is 0 Å². The van der Waals surface area contributed by atoms with E-state index in [2.05, 4.69) is 26.8 Å². The van der Waals surface area contributed by atoms with Crippen molar-refractivity contribution in [1.82, 2.24) is 19.3 Å². The van der Waals surface area contributed by atoms with Crippen LogP contribution < -0.4 is 0 Å². The van der Waals surface area contributed by atoms with Gasteiger partial charge in [0.15, 0.2) is 0 Å². The largest absolute Gasteiger partial charge is 0.302 e. The van der Waals surface area contributed by atoms with E-state index in [1.54, 1.807) is 11.0 Å². The maximum atomic E-state index is 4.13. The first-order valence-electron chi connectivity index (χ1n) is 5.03. The Morgan fingerprint density at radius 1 is 0.938 bits per heavy atom. The minimum absolute atomic E-state index is 0.976. The molecule has 3 rings (SSSR count). The van der Waals surface area contributed by atoms with Crippen LogP contribution in [-0.4, -0.2) is 19.3 Å². The molecule has 2 heterocycles. The fourth-order valence-electron chi connectivity index (χ4n) is 1.69. The Balaban J connectivity index is 2.14. The van der Waals surface area contributed by atoms with E-state index >= 15 is 0 Å². The van der Waals surface area contributed by atoms with E-state index < -0.39 is 0 Å². The molecule has 4 nitrogen and oxygen atoms in total. The lowest BCUT2D eigenvalue weighted by molar-refractivity contribution is 0.815. The van der Waals surface area contributed by atoms with E-state index in [1.807, 2.05) is 36.5 Å². The zero-order valence-electron chi connectivity index (χ0n) is 8.56. The van der Waals surface area contributed by atoms with Crippen molar-refractivity contribution < 1.29 is 0 Å². The summed E-state index contributed by atoms with van der Waals surface area (Å²) >= 11 is 0. The molecule has 0 bridgehead atoms. The number of rotatable bonds is 2. The highest BCUT2D eigenvalue weighted by molar-refractivity contribution is 5.39. The predicted molar refractivity (Wildman–Crippen MR) is 60.7 cm³/mol. The van der Waals surface area contributed by atoms with Crippen LogP contribution in [0, 0.1) is 0 Å². The van der Waals surface area contributed by atoms with Crippen LogP contribution in [0.5, 0.6) is 0 Å². The van der Waals surface area contributed by atoms with Gasteiger partial charge in [-0.05, 0) is 24.3 Å². The van der Waals surface area contributed by atoms with Crippen LogP contribution in [0.4, 0.5) is 0 Å². The van der Waals surface area contributed by atoms with E-state index in [0.29, 0.717) is 0 Å². The van der Waals surface area contributed by atoms with Gasteiger partial charge in [0, 0.05) is 11.9 Å². The average Bonchev–Trinajstić information content (AvgIpc) is 3.01. The van der Waals surface area contributed by atoms with Crippen molar-refractivity contribution in [2.45, 2.75) is 0 Å². The van der Waals surface area contributed by atoms with Crippen molar-refractivity contribution in [3.8, 4) is 11.5 Å². The van der Waals surface area contributed by atoms with Crippen LogP contribution >= 0.6 is 0 Å². The Hall–Kier alpha value is -2.36. The first-order valence-corrected chi connectivity index (χ1v) is 5.03. The standard InChI is InChI=1S/C12H10N4/c1-2-5-11(6-3-1)15-8-4-7-12(15)16-10-13-9-14-16/h1-10H. The van der Waals surface area contributed by atoms with Gasteiger partial charge in [-0.3, -0.25) is 0 Å². The second-order valence-electron chi connectivity index (χ2n) is 3.41. The molecule has 3 aromatic rings. The van der Waals surface area contributed by atoms with E-state index in [1.165, 1.54) is 6.33 Å². The van der Waals surface area contributed by atoms with Gasteiger partial charge in [-0.2, -0.15) is 5.10 Å². The van der Waals surface area contributed by atoms with E-state index in [4.69, 9.17) is 0 Å². The number of nitrogens with zero attached hydrogens (tertiary/aromatic N) is 4. The normalized spacial score (nSPS) is 10.5. The van der Waals surface area contributed by atoms with Gasteiger partial charge in [-0.15, -0.1) is 0 Å². The van der Waals surface area contributed by atoms with Crippen molar-refractivity contribution in [2.75, 3.05) is 0 Å². The predicted octanol–water partition coefficient (Wildman–Crippen LogP) is 2.06. The second kappa shape index (κ2) is 3.66. The van der Waals surface area contributed by atoms with Crippen LogP contribution in [0.3, 0.4) is 0 Å². The maximum absolute atomic E-state index is 4.13. The number of para-hydroxylation sites is 1. The average molecular weight is 210 g/mol. The monoisotopic (exact) mass is 210 g/mol. The smallest absolute Gasteiger partial charge is 0.140 e. The lowest BCUT2D eigenvalue weighted by Crippen LogP contribution is -2.03. The molecule has 16 heavy (non-hydrogen) atoms. The molecule has 0 fully saturated rings. The van der Waals surface area contributed by atoms with Crippen LogP contribution in [0.25, 0.3) is 11.5 Å². The SMILES string of the molecule is c1ccc(-n2cccc2-n2cncn2)cc1. The molecular weight excluding hydrogens is 200 g/mol. The zero-order valence-corrected chi connectivity index (χ0v) is 8.56. The molecule has 0 aliphatic rings. The topological polar surface area (TPSA) is 35.6 Å². The summed E-state index contributed by atoms with van der Waals surface area (Å²) < 4.78 is 3.81. The molecule has 4 heteroatoms. The third kappa shape index (κ3) is 1.40. The highest BCUT2D eigenvalue weighted by atomic mass is 15.4. The lowest BCUT2D eigenvalue weighted by Gasteiger charge is -2.07. The number of aromatic nitrogens is 4. The molecule has 0 spiro atoms. The third-order valence-corrected chi connectivity index (χ3v) is 2.42. The number of hydrogen-bond donors (Lipinski definition) is 0. The summed E-state index contributed by atoms with van der Waals surface area (Å²) in [6, 6.07) is 14.1. The minimum atomic E-state index is 0.976. The van der Waals surface area contributed by atoms with Gasteiger partial charge in [-0.25, -0.2) is 9.67 Å². The van der Waals surface area contributed by atoms with Crippen LogP contribution in [0.2, 0.25) is 0 Å². The van der Waals surface area contributed by atoms with Gasteiger partial charge in [0.2, 0.25) is 0 Å². The second-order valence-corrected chi connectivity index (χ2v) is 3.41. The molecule has 1 aromatic carbocycles. The molecule has 0 radical (unpaired) electrons. The molecule has 0 aliphatic heterocycles. The molecule has 0 N–H and O–H groups in total.